The third kappa shape index (κ3) is 6.95. The van der Waals surface area contributed by atoms with Gasteiger partial charge in [-0.25, -0.2) is 0 Å². The molecule has 10 aromatic carbocycles. The highest BCUT2D eigenvalue weighted by Crippen LogP contribution is 2.47. The molecule has 12 rings (SSSR count). The van der Waals surface area contributed by atoms with Gasteiger partial charge in [0.25, 0.3) is 0 Å². The molecule has 0 bridgehead atoms. The van der Waals surface area contributed by atoms with E-state index in [2.05, 4.69) is 255 Å². The molecule has 0 aromatic heterocycles. The Morgan fingerprint density at radius 2 is 1.04 bits per heavy atom. The summed E-state index contributed by atoms with van der Waals surface area (Å²) in [7, 11) is 0. The van der Waals surface area contributed by atoms with Gasteiger partial charge < -0.3 is 9.80 Å². The predicted molar refractivity (Wildman–Crippen MR) is 292 cm³/mol. The van der Waals surface area contributed by atoms with E-state index in [4.69, 9.17) is 0 Å². The first-order chi connectivity index (χ1) is 33.6. The lowest BCUT2D eigenvalue weighted by atomic mass is 9.83. The molecule has 0 N–H and O–H groups in total. The van der Waals surface area contributed by atoms with Crippen LogP contribution >= 0.6 is 0 Å². The van der Waals surface area contributed by atoms with Gasteiger partial charge >= 0.3 is 0 Å². The number of nitrogens with zero attached hydrogens (tertiary/aromatic N) is 2. The molecule has 10 aromatic rings. The molecular formula is C66H52N2. The number of rotatable bonds is 7. The van der Waals surface area contributed by atoms with Gasteiger partial charge in [0.15, 0.2) is 0 Å². The molecule has 68 heavy (non-hydrogen) atoms. The van der Waals surface area contributed by atoms with Crippen LogP contribution in [-0.4, -0.2) is 6.54 Å². The van der Waals surface area contributed by atoms with Crippen LogP contribution < -0.4 is 20.2 Å². The van der Waals surface area contributed by atoms with Gasteiger partial charge in [0, 0.05) is 47.8 Å². The van der Waals surface area contributed by atoms with Crippen LogP contribution in [0, 0.1) is 0 Å². The number of benzene rings is 10. The Kier molecular flexibility index (Phi) is 10.4. The van der Waals surface area contributed by atoms with Crippen LogP contribution in [0.15, 0.2) is 224 Å². The molecular weight excluding hydrogens is 821 g/mol. The van der Waals surface area contributed by atoms with Crippen molar-refractivity contribution in [3.05, 3.63) is 251 Å². The standard InChI is InChI=1S/C66H52N2/c1-4-20-47-39-50-26-12-16-32-62(50)67(44(47)3)38-37-58-54(5-2)65(56-31-19-29-45-23-11-15-30-55(45)56)61-43-53(68-63-33-17-13-27-51(63)40-52-28-14-18-34-64(52)68)35-36-57(61)66(58)60-42-49-25-10-9-24-48(49)41-59(60)46-21-7-6-8-22-46/h4-37,41-43H,38-40H2,1-3H3/b20-4-,54-5+,58-37+. The molecule has 2 heterocycles. The smallest absolute Gasteiger partial charge is 0.0497 e. The van der Waals surface area contributed by atoms with E-state index in [1.165, 1.54) is 121 Å². The maximum Gasteiger partial charge on any atom is 0.0497 e. The van der Waals surface area contributed by atoms with E-state index in [-0.39, 0.29) is 0 Å². The first-order valence-electron chi connectivity index (χ1n) is 24.0. The third-order valence-electron chi connectivity index (χ3n) is 14.4. The molecule has 0 fully saturated rings. The summed E-state index contributed by atoms with van der Waals surface area (Å²) >= 11 is 0. The van der Waals surface area contributed by atoms with Crippen LogP contribution in [0.5, 0.6) is 0 Å². The summed E-state index contributed by atoms with van der Waals surface area (Å²) in [5.41, 5.74) is 18.9. The Morgan fingerprint density at radius 3 is 1.75 bits per heavy atom. The Bertz CT molecular complexity index is 3760. The SMILES string of the molecule is C/C=C\C1=C(C)N(C/C=c2/c(-c3cc4ccccc4cc3-c3ccccc3)c3ccc(N4c5ccccc5Cc5ccccc54)cc3c(-c3cccc4ccccc34)/c2=C/C)c2ccccc2C1. The van der Waals surface area contributed by atoms with Gasteiger partial charge in [-0.3, -0.25) is 0 Å². The molecule has 0 spiro atoms. The van der Waals surface area contributed by atoms with Crippen molar-refractivity contribution in [2.75, 3.05) is 16.3 Å². The minimum absolute atomic E-state index is 0.700. The highest BCUT2D eigenvalue weighted by Gasteiger charge is 2.27. The zero-order chi connectivity index (χ0) is 45.7. The molecule has 0 unspecified atom stereocenters. The fourth-order valence-electron chi connectivity index (χ4n) is 11.3. The van der Waals surface area contributed by atoms with E-state index in [0.717, 1.165) is 18.5 Å². The summed E-state index contributed by atoms with van der Waals surface area (Å²) < 4.78 is 0. The van der Waals surface area contributed by atoms with Crippen molar-refractivity contribution in [1.29, 1.82) is 0 Å². The number of anilines is 4. The van der Waals surface area contributed by atoms with Gasteiger partial charge in [0.2, 0.25) is 0 Å². The first kappa shape index (κ1) is 41.2. The average molecular weight is 873 g/mol. The molecule has 2 aliphatic heterocycles. The second kappa shape index (κ2) is 17.2. The average Bonchev–Trinajstić information content (AvgIpc) is 3.39. The van der Waals surface area contributed by atoms with Crippen molar-refractivity contribution in [3.63, 3.8) is 0 Å². The highest BCUT2D eigenvalue weighted by molar-refractivity contribution is 6.13. The van der Waals surface area contributed by atoms with Gasteiger partial charge in [-0.1, -0.05) is 182 Å². The fourth-order valence-corrected chi connectivity index (χ4v) is 11.3. The summed E-state index contributed by atoms with van der Waals surface area (Å²) in [4.78, 5) is 5.03. The monoisotopic (exact) mass is 872 g/mol. The minimum atomic E-state index is 0.700. The summed E-state index contributed by atoms with van der Waals surface area (Å²) in [5.74, 6) is 0. The zero-order valence-corrected chi connectivity index (χ0v) is 38.9. The maximum atomic E-state index is 2.53. The fraction of sp³-hybridized carbons (Fsp3) is 0.0909. The van der Waals surface area contributed by atoms with E-state index >= 15 is 0 Å². The second-order valence-corrected chi connectivity index (χ2v) is 18.2. The Labute approximate surface area is 399 Å². The molecule has 326 valence electrons. The van der Waals surface area contributed by atoms with E-state index in [9.17, 15) is 0 Å². The summed E-state index contributed by atoms with van der Waals surface area (Å²) in [5, 5.41) is 9.84. The van der Waals surface area contributed by atoms with Crippen molar-refractivity contribution in [2.45, 2.75) is 33.6 Å². The normalized spacial score (nSPS) is 14.0. The molecule has 2 aliphatic rings. The van der Waals surface area contributed by atoms with E-state index < -0.39 is 0 Å². The van der Waals surface area contributed by atoms with Crippen LogP contribution in [0.4, 0.5) is 22.7 Å². The summed E-state index contributed by atoms with van der Waals surface area (Å²) in [6.45, 7) is 7.36. The van der Waals surface area contributed by atoms with Gasteiger partial charge in [-0.05, 0) is 162 Å². The Balaban J connectivity index is 1.24. The lowest BCUT2D eigenvalue weighted by Gasteiger charge is -2.34. The van der Waals surface area contributed by atoms with E-state index in [1.54, 1.807) is 0 Å². The molecule has 0 radical (unpaired) electrons. The quantitative estimate of drug-likeness (QED) is 0.157. The van der Waals surface area contributed by atoms with Crippen molar-refractivity contribution in [1.82, 2.24) is 0 Å². The van der Waals surface area contributed by atoms with Crippen LogP contribution in [0.3, 0.4) is 0 Å². The Morgan fingerprint density at radius 1 is 0.456 bits per heavy atom. The van der Waals surface area contributed by atoms with Gasteiger partial charge in [-0.2, -0.15) is 0 Å². The van der Waals surface area contributed by atoms with Gasteiger partial charge in [-0.15, -0.1) is 0 Å². The van der Waals surface area contributed by atoms with Crippen LogP contribution in [0.2, 0.25) is 0 Å². The minimum Gasteiger partial charge on any atom is -0.341 e. The van der Waals surface area contributed by atoms with E-state index in [0.29, 0.717) is 6.54 Å². The number of fused-ring (bicyclic) bond motifs is 6. The van der Waals surface area contributed by atoms with Crippen molar-refractivity contribution < 1.29 is 0 Å². The predicted octanol–water partition coefficient (Wildman–Crippen LogP) is 16.0. The van der Waals surface area contributed by atoms with E-state index in [1.807, 2.05) is 0 Å². The molecule has 0 amide bonds. The second-order valence-electron chi connectivity index (χ2n) is 18.2. The molecule has 0 aliphatic carbocycles. The molecule has 2 nitrogen and oxygen atoms in total. The lowest BCUT2D eigenvalue weighted by Crippen LogP contribution is -2.33. The maximum absolute atomic E-state index is 2.53. The number of hydrogen-bond acceptors (Lipinski definition) is 2. The summed E-state index contributed by atoms with van der Waals surface area (Å²) in [6.07, 6.45) is 11.2. The van der Waals surface area contributed by atoms with Crippen molar-refractivity contribution in [3.8, 4) is 33.4 Å². The largest absolute Gasteiger partial charge is 0.341 e. The molecule has 2 heteroatoms. The van der Waals surface area contributed by atoms with Crippen LogP contribution in [-0.2, 0) is 12.8 Å². The number of para-hydroxylation sites is 3. The lowest BCUT2D eigenvalue weighted by molar-refractivity contribution is 0.939. The van der Waals surface area contributed by atoms with Crippen molar-refractivity contribution >= 4 is 67.2 Å². The molecule has 0 saturated carbocycles. The first-order valence-corrected chi connectivity index (χ1v) is 24.0. The van der Waals surface area contributed by atoms with Crippen LogP contribution in [0.25, 0.3) is 77.9 Å². The van der Waals surface area contributed by atoms with Crippen molar-refractivity contribution in [2.24, 2.45) is 0 Å². The third-order valence-corrected chi connectivity index (χ3v) is 14.4. The molecule has 0 saturated heterocycles. The van der Waals surface area contributed by atoms with Gasteiger partial charge in [0.1, 0.15) is 0 Å². The molecule has 0 atom stereocenters. The zero-order valence-electron chi connectivity index (χ0n) is 38.9. The van der Waals surface area contributed by atoms with Crippen LogP contribution in [0.1, 0.15) is 37.5 Å². The van der Waals surface area contributed by atoms with Gasteiger partial charge in [0.05, 0.1) is 0 Å². The Hall–Kier alpha value is -8.20. The highest BCUT2D eigenvalue weighted by atomic mass is 15.2. The number of allylic oxidation sites excluding steroid dienone is 4. The topological polar surface area (TPSA) is 6.48 Å². The summed E-state index contributed by atoms with van der Waals surface area (Å²) in [6, 6.07) is 74.5. The number of hydrogen-bond donors (Lipinski definition) is 0.